The molecule has 0 unspecified atom stereocenters. The number of hydrogen-bond acceptors (Lipinski definition) is 3. The second-order valence-corrected chi connectivity index (χ2v) is 5.02. The minimum atomic E-state index is -4.65. The number of halogens is 3. The van der Waals surface area contributed by atoms with E-state index in [0.717, 1.165) is 4.90 Å². The summed E-state index contributed by atoms with van der Waals surface area (Å²) < 4.78 is 44.6. The van der Waals surface area contributed by atoms with Gasteiger partial charge in [-0.1, -0.05) is 12.1 Å². The maximum atomic E-state index is 13.2. The fourth-order valence-electron chi connectivity index (χ4n) is 1.85. The third-order valence-corrected chi connectivity index (χ3v) is 3.41. The van der Waals surface area contributed by atoms with Crippen LogP contribution in [0.2, 0.25) is 0 Å². The molecule has 1 N–H and O–H groups in total. The van der Waals surface area contributed by atoms with E-state index in [1.54, 1.807) is 6.92 Å². The molecule has 0 fully saturated rings. The fourth-order valence-corrected chi connectivity index (χ4v) is 1.85. The lowest BCUT2D eigenvalue weighted by Crippen LogP contribution is -2.47. The van der Waals surface area contributed by atoms with Crippen LogP contribution in [0, 0.1) is 11.3 Å². The van der Waals surface area contributed by atoms with Crippen molar-refractivity contribution in [1.29, 1.82) is 5.26 Å². The van der Waals surface area contributed by atoms with Crippen LogP contribution < -0.4 is 10.1 Å². The van der Waals surface area contributed by atoms with Crippen molar-refractivity contribution < 1.29 is 22.7 Å². The van der Waals surface area contributed by atoms with Gasteiger partial charge in [0, 0.05) is 13.1 Å². The Labute approximate surface area is 132 Å². The molecule has 0 aliphatic rings. The number of carbonyl (C=O) groups excluding carboxylic acids is 1. The zero-order valence-corrected chi connectivity index (χ0v) is 13.0. The summed E-state index contributed by atoms with van der Waals surface area (Å²) in [5, 5.41) is 10.6. The number of benzene rings is 1. The highest BCUT2D eigenvalue weighted by Gasteiger charge is 2.42. The Balaban J connectivity index is 2.95. The molecule has 0 aliphatic heterocycles. The van der Waals surface area contributed by atoms with E-state index < -0.39 is 24.3 Å². The van der Waals surface area contributed by atoms with Gasteiger partial charge in [0.25, 0.3) is 0 Å². The van der Waals surface area contributed by atoms with Crippen LogP contribution in [-0.4, -0.2) is 37.3 Å². The van der Waals surface area contributed by atoms with Crippen LogP contribution in [0.3, 0.4) is 0 Å². The summed E-state index contributed by atoms with van der Waals surface area (Å²) in [6.07, 6.45) is -4.62. The molecule has 0 spiro atoms. The van der Waals surface area contributed by atoms with Gasteiger partial charge >= 0.3 is 12.2 Å². The summed E-state index contributed by atoms with van der Waals surface area (Å²) in [6.45, 7) is 1.58. The molecule has 23 heavy (non-hydrogen) atoms. The Morgan fingerprint density at radius 3 is 2.39 bits per heavy atom. The molecule has 0 radical (unpaired) electrons. The average molecular weight is 329 g/mol. The zero-order valence-electron chi connectivity index (χ0n) is 13.0. The largest absolute Gasteiger partial charge is 0.497 e. The first-order chi connectivity index (χ1) is 10.7. The molecule has 2 atom stereocenters. The number of nitrogens with zero attached hydrogens (tertiary/aromatic N) is 2. The molecule has 2 amide bonds. The van der Waals surface area contributed by atoms with Crippen molar-refractivity contribution in [2.75, 3.05) is 14.2 Å². The highest BCUT2D eigenvalue weighted by molar-refractivity contribution is 5.75. The molecule has 126 valence electrons. The lowest BCUT2D eigenvalue weighted by atomic mass is 10.1. The van der Waals surface area contributed by atoms with Gasteiger partial charge in [0.15, 0.2) is 6.04 Å². The Morgan fingerprint density at radius 2 is 1.96 bits per heavy atom. The number of methoxy groups -OCH3 is 1. The number of carbonyl (C=O) groups is 1. The third-order valence-electron chi connectivity index (χ3n) is 3.41. The van der Waals surface area contributed by atoms with Crippen molar-refractivity contribution in [1.82, 2.24) is 10.2 Å². The highest BCUT2D eigenvalue weighted by Crippen LogP contribution is 2.33. The molecule has 0 aliphatic carbocycles. The van der Waals surface area contributed by atoms with Crippen molar-refractivity contribution in [3.63, 3.8) is 0 Å². The van der Waals surface area contributed by atoms with Gasteiger partial charge in [0.2, 0.25) is 0 Å². The molecule has 0 bridgehead atoms. The molecule has 0 saturated carbocycles. The van der Waals surface area contributed by atoms with Crippen molar-refractivity contribution in [3.05, 3.63) is 29.8 Å². The normalized spacial score (nSPS) is 13.6. The topological polar surface area (TPSA) is 65.4 Å². The zero-order chi connectivity index (χ0) is 17.6. The van der Waals surface area contributed by atoms with E-state index in [4.69, 9.17) is 10.00 Å². The van der Waals surface area contributed by atoms with Crippen molar-refractivity contribution in [3.8, 4) is 11.8 Å². The lowest BCUT2D eigenvalue weighted by molar-refractivity contribution is -0.155. The standard InChI is InChI=1S/C15H18F3N3O2/c1-10(8-9-19)21(2)14(22)20-13(15(16,17)18)11-4-6-12(23-3)7-5-11/h4-7,10,13H,8H2,1-3H3,(H,20,22)/t10-,13+/m1/s1. The Hall–Kier alpha value is -2.43. The smallest absolute Gasteiger partial charge is 0.412 e. The summed E-state index contributed by atoms with van der Waals surface area (Å²) in [6, 6.07) is 3.61. The number of amides is 2. The number of nitrogens with one attached hydrogen (secondary N) is 1. The predicted octanol–water partition coefficient (Wildman–Crippen LogP) is 3.24. The predicted molar refractivity (Wildman–Crippen MR) is 77.8 cm³/mol. The minimum absolute atomic E-state index is 0.0309. The molecular weight excluding hydrogens is 311 g/mol. The maximum absolute atomic E-state index is 13.2. The Bertz CT molecular complexity index is 567. The second-order valence-electron chi connectivity index (χ2n) is 5.02. The van der Waals surface area contributed by atoms with Gasteiger partial charge in [0.1, 0.15) is 5.75 Å². The van der Waals surface area contributed by atoms with Gasteiger partial charge in [0.05, 0.1) is 19.6 Å². The van der Waals surface area contributed by atoms with Gasteiger partial charge in [-0.3, -0.25) is 0 Å². The van der Waals surface area contributed by atoms with E-state index in [-0.39, 0.29) is 12.0 Å². The van der Waals surface area contributed by atoms with E-state index in [2.05, 4.69) is 0 Å². The molecular formula is C15H18F3N3O2. The molecule has 0 aromatic heterocycles. The first-order valence-corrected chi connectivity index (χ1v) is 6.81. The summed E-state index contributed by atoms with van der Waals surface area (Å²) in [5.41, 5.74) is -0.104. The van der Waals surface area contributed by atoms with Crippen LogP contribution in [0.1, 0.15) is 24.9 Å². The molecule has 1 aromatic rings. The van der Waals surface area contributed by atoms with Crippen molar-refractivity contribution >= 4 is 6.03 Å². The van der Waals surface area contributed by atoms with Crippen LogP contribution in [0.15, 0.2) is 24.3 Å². The van der Waals surface area contributed by atoms with Gasteiger partial charge in [-0.25, -0.2) is 4.79 Å². The highest BCUT2D eigenvalue weighted by atomic mass is 19.4. The fraction of sp³-hybridized carbons (Fsp3) is 0.467. The maximum Gasteiger partial charge on any atom is 0.412 e. The van der Waals surface area contributed by atoms with Crippen LogP contribution in [-0.2, 0) is 0 Å². The van der Waals surface area contributed by atoms with E-state index in [1.165, 1.54) is 38.4 Å². The number of nitriles is 1. The Morgan fingerprint density at radius 1 is 1.39 bits per heavy atom. The van der Waals surface area contributed by atoms with Crippen LogP contribution >= 0.6 is 0 Å². The van der Waals surface area contributed by atoms with Crippen molar-refractivity contribution in [2.24, 2.45) is 0 Å². The molecule has 1 aromatic carbocycles. The van der Waals surface area contributed by atoms with Crippen LogP contribution in [0.5, 0.6) is 5.75 Å². The number of hydrogen-bond donors (Lipinski definition) is 1. The quantitative estimate of drug-likeness (QED) is 0.902. The number of alkyl halides is 3. The Kier molecular flexibility index (Phi) is 6.25. The average Bonchev–Trinajstić information content (AvgIpc) is 2.51. The molecule has 0 heterocycles. The molecule has 0 saturated heterocycles. The summed E-state index contributed by atoms with van der Waals surface area (Å²) in [4.78, 5) is 13.1. The number of ether oxygens (including phenoxy) is 1. The van der Waals surface area contributed by atoms with Gasteiger partial charge in [-0.15, -0.1) is 0 Å². The number of urea groups is 1. The first-order valence-electron chi connectivity index (χ1n) is 6.81. The summed E-state index contributed by atoms with van der Waals surface area (Å²) >= 11 is 0. The molecule has 5 nitrogen and oxygen atoms in total. The van der Waals surface area contributed by atoms with Crippen LogP contribution in [0.4, 0.5) is 18.0 Å². The minimum Gasteiger partial charge on any atom is -0.497 e. The van der Waals surface area contributed by atoms with Gasteiger partial charge < -0.3 is 15.0 Å². The second kappa shape index (κ2) is 7.72. The number of rotatable bonds is 5. The van der Waals surface area contributed by atoms with Crippen LogP contribution in [0.25, 0.3) is 0 Å². The van der Waals surface area contributed by atoms with E-state index in [1.807, 2.05) is 11.4 Å². The molecule has 8 heteroatoms. The SMILES string of the molecule is COc1ccc([C@H](NC(=O)N(C)[C@H](C)CC#N)C(F)(F)F)cc1. The van der Waals surface area contributed by atoms with Gasteiger partial charge in [-0.2, -0.15) is 18.4 Å². The van der Waals surface area contributed by atoms with E-state index in [0.29, 0.717) is 5.75 Å². The summed E-state index contributed by atoms with van der Waals surface area (Å²) in [5.74, 6) is 0.417. The van der Waals surface area contributed by atoms with Crippen molar-refractivity contribution in [2.45, 2.75) is 31.6 Å². The molecule has 1 rings (SSSR count). The summed E-state index contributed by atoms with van der Waals surface area (Å²) in [7, 11) is 2.75. The van der Waals surface area contributed by atoms with Gasteiger partial charge in [-0.05, 0) is 24.6 Å². The van der Waals surface area contributed by atoms with E-state index >= 15 is 0 Å². The third kappa shape index (κ3) is 5.06. The lowest BCUT2D eigenvalue weighted by Gasteiger charge is -2.28. The first kappa shape index (κ1) is 18.6. The van der Waals surface area contributed by atoms with E-state index in [9.17, 15) is 18.0 Å². The monoisotopic (exact) mass is 329 g/mol.